The van der Waals surface area contributed by atoms with Crippen molar-refractivity contribution in [3.63, 3.8) is 0 Å². The van der Waals surface area contributed by atoms with Crippen LogP contribution >= 0.6 is 12.2 Å². The molecule has 2 fully saturated rings. The summed E-state index contributed by atoms with van der Waals surface area (Å²) in [6.45, 7) is 7.17. The highest BCUT2D eigenvalue weighted by molar-refractivity contribution is 7.80. The first-order valence-corrected chi connectivity index (χ1v) is 11.1. The van der Waals surface area contributed by atoms with Gasteiger partial charge in [-0.15, -0.1) is 0 Å². The van der Waals surface area contributed by atoms with E-state index in [1.807, 2.05) is 18.3 Å². The van der Waals surface area contributed by atoms with Gasteiger partial charge in [-0.25, -0.2) is 0 Å². The lowest BCUT2D eigenvalue weighted by Crippen LogP contribution is -2.39. The summed E-state index contributed by atoms with van der Waals surface area (Å²) in [6.07, 6.45) is 5.03. The second-order valence-corrected chi connectivity index (χ2v) is 8.13. The largest absolute Gasteiger partial charge is 0.383 e. The number of morpholine rings is 1. The Morgan fingerprint density at radius 1 is 1.17 bits per heavy atom. The molecule has 2 aromatic rings. The van der Waals surface area contributed by atoms with E-state index >= 15 is 0 Å². The summed E-state index contributed by atoms with van der Waals surface area (Å²) in [7, 11) is 1.74. The highest BCUT2D eigenvalue weighted by atomic mass is 32.1. The Balaban J connectivity index is 1.54. The molecule has 0 aliphatic carbocycles. The van der Waals surface area contributed by atoms with E-state index in [0.717, 1.165) is 63.2 Å². The van der Waals surface area contributed by atoms with Crippen molar-refractivity contribution in [3.05, 3.63) is 54.1 Å². The minimum Gasteiger partial charge on any atom is -0.383 e. The van der Waals surface area contributed by atoms with Gasteiger partial charge in [-0.1, -0.05) is 6.07 Å². The topological polar surface area (TPSA) is 54.8 Å². The molecule has 8 heteroatoms. The van der Waals surface area contributed by atoms with Crippen molar-refractivity contribution in [1.82, 2.24) is 24.7 Å². The fourth-order valence-electron chi connectivity index (χ4n) is 4.35. The Labute approximate surface area is 184 Å². The Kier molecular flexibility index (Phi) is 7.33. The van der Waals surface area contributed by atoms with Crippen LogP contribution in [0.4, 0.5) is 0 Å². The molecule has 0 aromatic carbocycles. The van der Waals surface area contributed by atoms with Gasteiger partial charge < -0.3 is 24.3 Å². The fourth-order valence-corrected chi connectivity index (χ4v) is 4.68. The Hall–Kier alpha value is -2.00. The fraction of sp³-hybridized carbons (Fsp3) is 0.545. The molecule has 2 aliphatic rings. The number of ether oxygens (including phenoxy) is 2. The third kappa shape index (κ3) is 4.83. The molecule has 0 saturated carbocycles. The highest BCUT2D eigenvalue weighted by Gasteiger charge is 2.40. The van der Waals surface area contributed by atoms with Crippen molar-refractivity contribution >= 4 is 17.3 Å². The Morgan fingerprint density at radius 3 is 2.80 bits per heavy atom. The summed E-state index contributed by atoms with van der Waals surface area (Å²) in [4.78, 5) is 9.45. The average Bonchev–Trinajstić information content (AvgIpc) is 3.37. The highest BCUT2D eigenvalue weighted by Crippen LogP contribution is 2.38. The number of rotatable bonds is 9. The molecular formula is C22H31N5O2S. The van der Waals surface area contributed by atoms with Crippen LogP contribution in [-0.4, -0.2) is 77.6 Å². The molecule has 0 radical (unpaired) electrons. The van der Waals surface area contributed by atoms with Gasteiger partial charge in [0.25, 0.3) is 0 Å². The van der Waals surface area contributed by atoms with Gasteiger partial charge in [0.15, 0.2) is 5.11 Å². The molecular weight excluding hydrogens is 398 g/mol. The molecule has 7 nitrogen and oxygen atoms in total. The van der Waals surface area contributed by atoms with E-state index in [2.05, 4.69) is 49.1 Å². The molecule has 4 rings (SSSR count). The number of pyridine rings is 1. The normalized spacial score (nSPS) is 22.4. The average molecular weight is 430 g/mol. The second kappa shape index (κ2) is 10.3. The van der Waals surface area contributed by atoms with Crippen LogP contribution in [0.3, 0.4) is 0 Å². The van der Waals surface area contributed by atoms with Crippen molar-refractivity contribution < 1.29 is 9.47 Å². The summed E-state index contributed by atoms with van der Waals surface area (Å²) in [5, 5.41) is 4.35. The third-order valence-corrected chi connectivity index (χ3v) is 6.23. The molecule has 0 amide bonds. The molecule has 4 heterocycles. The van der Waals surface area contributed by atoms with Crippen molar-refractivity contribution in [1.29, 1.82) is 0 Å². The molecule has 1 N–H and O–H groups in total. The van der Waals surface area contributed by atoms with Crippen molar-refractivity contribution in [2.24, 2.45) is 0 Å². The lowest BCUT2D eigenvalue weighted by atomic mass is 10.0. The number of aromatic nitrogens is 2. The molecule has 162 valence electrons. The molecule has 2 atom stereocenters. The van der Waals surface area contributed by atoms with Crippen LogP contribution in [0, 0.1) is 0 Å². The van der Waals surface area contributed by atoms with Gasteiger partial charge in [-0.05, 0) is 42.9 Å². The number of nitrogens with zero attached hydrogens (tertiary/aromatic N) is 4. The number of nitrogens with one attached hydrogen (secondary N) is 1. The van der Waals surface area contributed by atoms with Gasteiger partial charge in [0.05, 0.1) is 37.6 Å². The molecule has 2 saturated heterocycles. The quantitative estimate of drug-likeness (QED) is 0.614. The van der Waals surface area contributed by atoms with E-state index in [0.29, 0.717) is 6.61 Å². The monoisotopic (exact) mass is 429 g/mol. The predicted octanol–water partition coefficient (Wildman–Crippen LogP) is 2.22. The molecule has 0 spiro atoms. The smallest absolute Gasteiger partial charge is 0.170 e. The van der Waals surface area contributed by atoms with Gasteiger partial charge >= 0.3 is 0 Å². The second-order valence-electron chi connectivity index (χ2n) is 7.75. The standard InChI is InChI=1S/C22H31N5O2S/c1-28-15-14-26-10-4-7-19(26)21-20(18-6-2-3-8-23-18)24-22(30)27(21)11-5-9-25-12-16-29-17-13-25/h2-4,6-8,10,20-21H,5,9,11-17H2,1H3,(H,24,30)/t20-,21-/m1/s1. The molecule has 2 aliphatic heterocycles. The van der Waals surface area contributed by atoms with E-state index < -0.39 is 0 Å². The maximum atomic E-state index is 5.79. The van der Waals surface area contributed by atoms with E-state index in [4.69, 9.17) is 21.7 Å². The van der Waals surface area contributed by atoms with Gasteiger partial charge in [0.2, 0.25) is 0 Å². The third-order valence-electron chi connectivity index (χ3n) is 5.88. The summed E-state index contributed by atoms with van der Waals surface area (Å²) < 4.78 is 13.1. The maximum absolute atomic E-state index is 5.79. The predicted molar refractivity (Wildman–Crippen MR) is 120 cm³/mol. The lowest BCUT2D eigenvalue weighted by molar-refractivity contribution is 0.0365. The lowest BCUT2D eigenvalue weighted by Gasteiger charge is -2.31. The minimum atomic E-state index is 0.0262. The van der Waals surface area contributed by atoms with Crippen LogP contribution in [0.1, 0.15) is 29.9 Å². The van der Waals surface area contributed by atoms with E-state index in [-0.39, 0.29) is 12.1 Å². The van der Waals surface area contributed by atoms with Crippen molar-refractivity contribution in [3.8, 4) is 0 Å². The maximum Gasteiger partial charge on any atom is 0.170 e. The summed E-state index contributed by atoms with van der Waals surface area (Å²) >= 11 is 5.79. The SMILES string of the molecule is COCCn1cccc1[C@@H]1[C@@H](c2ccccn2)NC(=S)N1CCCN1CCOCC1. The van der Waals surface area contributed by atoms with Crippen LogP contribution in [0.5, 0.6) is 0 Å². The Morgan fingerprint density at radius 2 is 2.03 bits per heavy atom. The number of hydrogen-bond acceptors (Lipinski definition) is 5. The molecule has 0 unspecified atom stereocenters. The van der Waals surface area contributed by atoms with E-state index in [1.165, 1.54) is 5.69 Å². The van der Waals surface area contributed by atoms with Crippen molar-refractivity contribution in [2.45, 2.75) is 25.0 Å². The number of methoxy groups -OCH3 is 1. The molecule has 0 bridgehead atoms. The Bertz CT molecular complexity index is 809. The van der Waals surface area contributed by atoms with Crippen LogP contribution < -0.4 is 5.32 Å². The van der Waals surface area contributed by atoms with Gasteiger partial charge in [0, 0.05) is 57.9 Å². The summed E-state index contributed by atoms with van der Waals surface area (Å²) in [6, 6.07) is 10.5. The zero-order chi connectivity index (χ0) is 20.8. The first-order chi connectivity index (χ1) is 14.8. The number of thiocarbonyl (C=S) groups is 1. The van der Waals surface area contributed by atoms with Crippen molar-refractivity contribution in [2.75, 3.05) is 53.1 Å². The van der Waals surface area contributed by atoms with Gasteiger partial charge in [-0.3, -0.25) is 9.88 Å². The van der Waals surface area contributed by atoms with Crippen LogP contribution in [0.15, 0.2) is 42.7 Å². The summed E-state index contributed by atoms with van der Waals surface area (Å²) in [5.74, 6) is 0. The van der Waals surface area contributed by atoms with E-state index in [1.54, 1.807) is 7.11 Å². The van der Waals surface area contributed by atoms with Crippen LogP contribution in [0.25, 0.3) is 0 Å². The first-order valence-electron chi connectivity index (χ1n) is 10.7. The van der Waals surface area contributed by atoms with Gasteiger partial charge in [0.1, 0.15) is 0 Å². The first kappa shape index (κ1) is 21.2. The van der Waals surface area contributed by atoms with Crippen LogP contribution in [0.2, 0.25) is 0 Å². The number of hydrogen-bond donors (Lipinski definition) is 1. The molecule has 2 aromatic heterocycles. The van der Waals surface area contributed by atoms with Gasteiger partial charge in [-0.2, -0.15) is 0 Å². The zero-order valence-electron chi connectivity index (χ0n) is 17.6. The minimum absolute atomic E-state index is 0.0262. The zero-order valence-corrected chi connectivity index (χ0v) is 18.4. The van der Waals surface area contributed by atoms with Crippen LogP contribution in [-0.2, 0) is 16.0 Å². The molecule has 30 heavy (non-hydrogen) atoms. The van der Waals surface area contributed by atoms with E-state index in [9.17, 15) is 0 Å². The summed E-state index contributed by atoms with van der Waals surface area (Å²) in [5.41, 5.74) is 2.25.